The Morgan fingerprint density at radius 3 is 2.22 bits per heavy atom. The van der Waals surface area contributed by atoms with E-state index < -0.39 is 0 Å². The average Bonchev–Trinajstić information content (AvgIpc) is 3.13. The fourth-order valence-electron chi connectivity index (χ4n) is 4.56. The normalized spacial score (nSPS) is 14.9. The number of allylic oxidation sites excluding steroid dienone is 4. The van der Waals surface area contributed by atoms with Crippen LogP contribution < -0.4 is 0 Å². The first kappa shape index (κ1) is 14.5. The Kier molecular flexibility index (Phi) is 3.13. The number of rotatable bonds is 1. The Morgan fingerprint density at radius 1 is 0.783 bits per heavy atom. The highest BCUT2D eigenvalue weighted by atomic mass is 14.3. The van der Waals surface area contributed by atoms with Crippen molar-refractivity contribution in [3.63, 3.8) is 0 Å². The summed E-state index contributed by atoms with van der Waals surface area (Å²) in [6.07, 6.45) is 8.94. The van der Waals surface area contributed by atoms with Crippen molar-refractivity contribution in [2.75, 3.05) is 0 Å². The third-order valence-corrected chi connectivity index (χ3v) is 5.75. The predicted molar refractivity (Wildman–Crippen MR) is 100 cm³/mol. The van der Waals surface area contributed by atoms with Gasteiger partial charge in [-0.2, -0.15) is 0 Å². The first-order valence-electron chi connectivity index (χ1n) is 8.58. The van der Waals surface area contributed by atoms with Crippen LogP contribution in [-0.4, -0.2) is 0 Å². The topological polar surface area (TPSA) is 0 Å². The van der Waals surface area contributed by atoms with Gasteiger partial charge in [0.2, 0.25) is 0 Å². The van der Waals surface area contributed by atoms with Crippen molar-refractivity contribution in [3.8, 4) is 11.1 Å². The Bertz CT molecular complexity index is 905. The number of fused-ring (bicyclic) bond motifs is 3. The zero-order chi connectivity index (χ0) is 16.3. The Morgan fingerprint density at radius 2 is 1.52 bits per heavy atom. The second-order valence-corrected chi connectivity index (χ2v) is 7.22. The molecule has 0 spiro atoms. The van der Waals surface area contributed by atoms with E-state index in [9.17, 15) is 0 Å². The van der Waals surface area contributed by atoms with Gasteiger partial charge in [0.25, 0.3) is 0 Å². The molecule has 2 aromatic carbocycles. The SMILES string of the molecule is Cc1cc(C)c2c(c1)Cc1c(C3=CC=CC3)c(C)c(C)c(C)c1-2. The van der Waals surface area contributed by atoms with E-state index in [-0.39, 0.29) is 0 Å². The molecule has 0 aliphatic heterocycles. The molecule has 0 N–H and O–H groups in total. The van der Waals surface area contributed by atoms with E-state index in [1.165, 1.54) is 55.6 Å². The summed E-state index contributed by atoms with van der Waals surface area (Å²) in [5.74, 6) is 0. The number of hydrogen-bond acceptors (Lipinski definition) is 0. The van der Waals surface area contributed by atoms with Crippen LogP contribution >= 0.6 is 0 Å². The number of benzene rings is 2. The summed E-state index contributed by atoms with van der Waals surface area (Å²) < 4.78 is 0. The van der Waals surface area contributed by atoms with E-state index >= 15 is 0 Å². The highest BCUT2D eigenvalue weighted by Gasteiger charge is 2.28. The van der Waals surface area contributed by atoms with E-state index in [0.29, 0.717) is 0 Å². The van der Waals surface area contributed by atoms with Crippen molar-refractivity contribution < 1.29 is 0 Å². The largest absolute Gasteiger partial charge is 0.0801 e. The summed E-state index contributed by atoms with van der Waals surface area (Å²) in [7, 11) is 0. The summed E-state index contributed by atoms with van der Waals surface area (Å²) in [5.41, 5.74) is 16.3. The molecular weight excluding hydrogens is 276 g/mol. The van der Waals surface area contributed by atoms with Crippen LogP contribution in [0.5, 0.6) is 0 Å². The van der Waals surface area contributed by atoms with Crippen LogP contribution in [0.3, 0.4) is 0 Å². The molecule has 116 valence electrons. The monoisotopic (exact) mass is 300 g/mol. The molecule has 0 nitrogen and oxygen atoms in total. The molecule has 0 saturated heterocycles. The van der Waals surface area contributed by atoms with Crippen molar-refractivity contribution in [1.82, 2.24) is 0 Å². The number of hydrogen-bond donors (Lipinski definition) is 0. The van der Waals surface area contributed by atoms with Crippen LogP contribution in [0.25, 0.3) is 16.7 Å². The summed E-state index contributed by atoms with van der Waals surface area (Å²) >= 11 is 0. The molecule has 2 aliphatic rings. The molecule has 2 aromatic rings. The molecule has 4 rings (SSSR count). The summed E-state index contributed by atoms with van der Waals surface area (Å²) in [6.45, 7) is 11.4. The Balaban J connectivity index is 2.07. The smallest absolute Gasteiger partial charge is 0.000699 e. The molecule has 23 heavy (non-hydrogen) atoms. The molecule has 0 heterocycles. The van der Waals surface area contributed by atoms with Crippen molar-refractivity contribution in [2.24, 2.45) is 0 Å². The van der Waals surface area contributed by atoms with Gasteiger partial charge < -0.3 is 0 Å². The maximum absolute atomic E-state index is 2.39. The minimum Gasteiger partial charge on any atom is -0.0801 e. The van der Waals surface area contributed by atoms with Gasteiger partial charge in [-0.1, -0.05) is 35.9 Å². The van der Waals surface area contributed by atoms with E-state index in [1.54, 1.807) is 5.56 Å². The van der Waals surface area contributed by atoms with Crippen LogP contribution in [0.15, 0.2) is 30.4 Å². The third-order valence-electron chi connectivity index (χ3n) is 5.75. The summed E-state index contributed by atoms with van der Waals surface area (Å²) in [5, 5.41) is 0. The standard InChI is InChI=1S/C23H24/c1-13-10-14(2)21-19(11-13)12-20-22(18-8-6-7-9-18)16(4)15(3)17(5)23(20)21/h6-8,10-11H,9,12H2,1-5H3. The minimum atomic E-state index is 1.07. The third kappa shape index (κ3) is 1.97. The van der Waals surface area contributed by atoms with Gasteiger partial charge in [0.1, 0.15) is 0 Å². The van der Waals surface area contributed by atoms with Crippen LogP contribution in [-0.2, 0) is 6.42 Å². The highest BCUT2D eigenvalue weighted by Crippen LogP contribution is 2.47. The quantitative estimate of drug-likeness (QED) is 0.506. The molecular formula is C23H24. The zero-order valence-electron chi connectivity index (χ0n) is 14.8. The molecule has 0 atom stereocenters. The first-order chi connectivity index (χ1) is 11.0. The molecule has 0 radical (unpaired) electrons. The van der Waals surface area contributed by atoms with Crippen LogP contribution in [0, 0.1) is 34.6 Å². The van der Waals surface area contributed by atoms with Gasteiger partial charge in [0.15, 0.2) is 0 Å². The van der Waals surface area contributed by atoms with Crippen LogP contribution in [0.1, 0.15) is 50.9 Å². The molecule has 2 aliphatic carbocycles. The van der Waals surface area contributed by atoms with Gasteiger partial charge in [-0.3, -0.25) is 0 Å². The summed E-state index contributed by atoms with van der Waals surface area (Å²) in [6, 6.07) is 4.72. The molecule has 0 aromatic heterocycles. The van der Waals surface area contributed by atoms with Gasteiger partial charge in [0, 0.05) is 0 Å². The first-order valence-corrected chi connectivity index (χ1v) is 8.58. The van der Waals surface area contributed by atoms with E-state index in [4.69, 9.17) is 0 Å². The van der Waals surface area contributed by atoms with E-state index in [2.05, 4.69) is 65.0 Å². The fourth-order valence-corrected chi connectivity index (χ4v) is 4.56. The minimum absolute atomic E-state index is 1.07. The maximum atomic E-state index is 2.39. The van der Waals surface area contributed by atoms with Crippen LogP contribution in [0.2, 0.25) is 0 Å². The van der Waals surface area contributed by atoms with Gasteiger partial charge in [-0.05, 0) is 103 Å². The lowest BCUT2D eigenvalue weighted by Crippen LogP contribution is -2.01. The average molecular weight is 300 g/mol. The van der Waals surface area contributed by atoms with Crippen LogP contribution in [0.4, 0.5) is 0 Å². The number of aryl methyl sites for hydroxylation is 2. The summed E-state index contributed by atoms with van der Waals surface area (Å²) in [4.78, 5) is 0. The molecule has 0 fully saturated rings. The molecule has 0 unspecified atom stereocenters. The van der Waals surface area contributed by atoms with Crippen molar-refractivity contribution >= 4 is 5.57 Å². The molecule has 0 amide bonds. The molecule has 0 heteroatoms. The van der Waals surface area contributed by atoms with Gasteiger partial charge >= 0.3 is 0 Å². The molecule has 0 bridgehead atoms. The Labute approximate surface area is 139 Å². The van der Waals surface area contributed by atoms with Crippen molar-refractivity contribution in [2.45, 2.75) is 47.5 Å². The predicted octanol–water partition coefficient (Wildman–Crippen LogP) is 6.14. The van der Waals surface area contributed by atoms with Gasteiger partial charge in [0.05, 0.1) is 0 Å². The molecule has 0 saturated carbocycles. The highest BCUT2D eigenvalue weighted by molar-refractivity contribution is 5.90. The second-order valence-electron chi connectivity index (χ2n) is 7.22. The lowest BCUT2D eigenvalue weighted by Gasteiger charge is -2.20. The maximum Gasteiger partial charge on any atom is -0.000699 e. The second kappa shape index (κ2) is 4.96. The van der Waals surface area contributed by atoms with E-state index in [1.807, 2.05) is 0 Å². The van der Waals surface area contributed by atoms with E-state index in [0.717, 1.165) is 12.8 Å². The lowest BCUT2D eigenvalue weighted by molar-refractivity contribution is 1.17. The van der Waals surface area contributed by atoms with Crippen molar-refractivity contribution in [3.05, 3.63) is 74.9 Å². The lowest BCUT2D eigenvalue weighted by atomic mass is 9.84. The Hall–Kier alpha value is -2.08. The fraction of sp³-hybridized carbons (Fsp3) is 0.304. The van der Waals surface area contributed by atoms with Gasteiger partial charge in [-0.15, -0.1) is 0 Å². The van der Waals surface area contributed by atoms with Crippen molar-refractivity contribution in [1.29, 1.82) is 0 Å². The zero-order valence-corrected chi connectivity index (χ0v) is 14.8. The van der Waals surface area contributed by atoms with Gasteiger partial charge in [-0.25, -0.2) is 0 Å².